The van der Waals surface area contributed by atoms with Gasteiger partial charge in [-0.25, -0.2) is 4.79 Å². The third-order valence-corrected chi connectivity index (χ3v) is 3.03. The Labute approximate surface area is 116 Å². The van der Waals surface area contributed by atoms with Gasteiger partial charge in [-0.15, -0.1) is 10.2 Å². The molecular weight excluding hydrogens is 266 g/mol. The molecule has 1 rings (SSSR count). The van der Waals surface area contributed by atoms with Crippen LogP contribution in [0.5, 0.6) is 0 Å². The molecule has 106 valence electrons. The highest BCUT2D eigenvalue weighted by molar-refractivity contribution is 7.15. The number of amides is 3. The minimum atomic E-state index is -0.453. The zero-order valence-electron chi connectivity index (χ0n) is 11.2. The number of carbonyl (C=O) groups excluding carboxylic acids is 2. The molecule has 0 radical (unpaired) electrons. The number of hydrogen-bond donors (Lipinski definition) is 3. The third kappa shape index (κ3) is 6.14. The molecule has 0 saturated carbocycles. The lowest BCUT2D eigenvalue weighted by Crippen LogP contribution is -2.39. The summed E-state index contributed by atoms with van der Waals surface area (Å²) in [5.74, 6) is -0.207. The number of aryl methyl sites for hydroxylation is 1. The maximum Gasteiger partial charge on any atom is 0.321 e. The van der Waals surface area contributed by atoms with Crippen molar-refractivity contribution in [3.63, 3.8) is 0 Å². The molecule has 0 spiro atoms. The summed E-state index contributed by atoms with van der Waals surface area (Å²) in [6, 6.07) is -0.453. The van der Waals surface area contributed by atoms with Crippen LogP contribution < -0.4 is 16.0 Å². The van der Waals surface area contributed by atoms with Crippen LogP contribution in [0.4, 0.5) is 9.93 Å². The highest BCUT2D eigenvalue weighted by Gasteiger charge is 2.08. The summed E-state index contributed by atoms with van der Waals surface area (Å²) in [7, 11) is 0. The molecule has 0 aliphatic carbocycles. The van der Waals surface area contributed by atoms with E-state index in [2.05, 4.69) is 33.1 Å². The van der Waals surface area contributed by atoms with Gasteiger partial charge in [0.05, 0.1) is 6.54 Å². The Bertz CT molecular complexity index is 421. The lowest BCUT2D eigenvalue weighted by atomic mass is 10.4. The smallest absolute Gasteiger partial charge is 0.321 e. The van der Waals surface area contributed by atoms with Crippen LogP contribution in [0.25, 0.3) is 0 Å². The molecule has 0 aromatic carbocycles. The van der Waals surface area contributed by atoms with Gasteiger partial charge in [0.2, 0.25) is 11.0 Å². The van der Waals surface area contributed by atoms with E-state index in [1.54, 1.807) is 0 Å². The van der Waals surface area contributed by atoms with Gasteiger partial charge in [-0.1, -0.05) is 25.2 Å². The van der Waals surface area contributed by atoms with Crippen molar-refractivity contribution in [2.75, 3.05) is 18.4 Å². The number of urea groups is 1. The summed E-state index contributed by atoms with van der Waals surface area (Å²) in [4.78, 5) is 22.8. The van der Waals surface area contributed by atoms with Crippen LogP contribution in [0.3, 0.4) is 0 Å². The molecule has 0 fully saturated rings. The third-order valence-electron chi connectivity index (χ3n) is 2.13. The monoisotopic (exact) mass is 285 g/mol. The van der Waals surface area contributed by atoms with Gasteiger partial charge < -0.3 is 10.6 Å². The van der Waals surface area contributed by atoms with E-state index in [-0.39, 0.29) is 12.5 Å². The summed E-state index contributed by atoms with van der Waals surface area (Å²) in [5, 5.41) is 16.8. The molecule has 8 heteroatoms. The summed E-state index contributed by atoms with van der Waals surface area (Å²) < 4.78 is 0. The molecule has 19 heavy (non-hydrogen) atoms. The lowest BCUT2D eigenvalue weighted by Gasteiger charge is -2.05. The van der Waals surface area contributed by atoms with E-state index in [1.807, 2.05) is 6.92 Å². The van der Waals surface area contributed by atoms with Gasteiger partial charge in [-0.2, -0.15) is 0 Å². The first kappa shape index (κ1) is 15.4. The Kier molecular flexibility index (Phi) is 6.80. The number of nitrogens with one attached hydrogen (secondary N) is 3. The van der Waals surface area contributed by atoms with E-state index < -0.39 is 6.03 Å². The quantitative estimate of drug-likeness (QED) is 0.700. The molecule has 3 N–H and O–H groups in total. The number of anilines is 1. The predicted octanol–water partition coefficient (Wildman–Crippen LogP) is 1.14. The number of nitrogens with zero attached hydrogens (tertiary/aromatic N) is 2. The maximum absolute atomic E-state index is 11.5. The van der Waals surface area contributed by atoms with Crippen molar-refractivity contribution in [3.8, 4) is 0 Å². The molecule has 0 bridgehead atoms. The van der Waals surface area contributed by atoms with Crippen molar-refractivity contribution in [1.82, 2.24) is 20.8 Å². The van der Waals surface area contributed by atoms with E-state index in [4.69, 9.17) is 0 Å². The number of carbonyl (C=O) groups is 2. The molecule has 0 unspecified atom stereocenters. The first-order valence-corrected chi connectivity index (χ1v) is 7.11. The largest absolute Gasteiger partial charge is 0.355 e. The fourth-order valence-electron chi connectivity index (χ4n) is 1.25. The van der Waals surface area contributed by atoms with E-state index in [1.165, 1.54) is 11.3 Å². The average Bonchev–Trinajstić information content (AvgIpc) is 2.81. The molecule has 0 atom stereocenters. The number of rotatable bonds is 7. The Morgan fingerprint density at radius 1 is 1.16 bits per heavy atom. The second kappa shape index (κ2) is 8.41. The molecule has 0 aliphatic rings. The average molecular weight is 285 g/mol. The van der Waals surface area contributed by atoms with Crippen molar-refractivity contribution in [2.24, 2.45) is 0 Å². The zero-order chi connectivity index (χ0) is 14.1. The van der Waals surface area contributed by atoms with Gasteiger partial charge in [0, 0.05) is 13.0 Å². The highest BCUT2D eigenvalue weighted by Crippen LogP contribution is 2.15. The van der Waals surface area contributed by atoms with Crippen molar-refractivity contribution in [1.29, 1.82) is 0 Å². The predicted molar refractivity (Wildman–Crippen MR) is 74.2 cm³/mol. The van der Waals surface area contributed by atoms with Crippen molar-refractivity contribution >= 4 is 28.4 Å². The molecule has 3 amide bonds. The molecule has 1 heterocycles. The summed E-state index contributed by atoms with van der Waals surface area (Å²) in [6.45, 7) is 4.57. The standard InChI is InChI=1S/C11H19N5O2S/c1-3-5-9-15-16-11(19-9)14-10(18)13-7-8(17)12-6-4-2/h3-7H2,1-2H3,(H,12,17)(H2,13,14,16,18). The second-order valence-corrected chi connectivity index (χ2v) is 4.97. The molecule has 1 aromatic heterocycles. The van der Waals surface area contributed by atoms with Crippen molar-refractivity contribution in [2.45, 2.75) is 33.1 Å². The van der Waals surface area contributed by atoms with Crippen LogP contribution in [0.15, 0.2) is 0 Å². The molecule has 0 aliphatic heterocycles. The Morgan fingerprint density at radius 2 is 1.95 bits per heavy atom. The summed E-state index contributed by atoms with van der Waals surface area (Å²) >= 11 is 1.34. The van der Waals surface area contributed by atoms with E-state index >= 15 is 0 Å². The first-order chi connectivity index (χ1) is 9.15. The fourth-order valence-corrected chi connectivity index (χ4v) is 2.08. The molecule has 1 aromatic rings. The SMILES string of the molecule is CCCNC(=O)CNC(=O)Nc1nnc(CCC)s1. The normalized spacial score (nSPS) is 10.0. The Morgan fingerprint density at radius 3 is 2.63 bits per heavy atom. The first-order valence-electron chi connectivity index (χ1n) is 6.29. The number of hydrogen-bond acceptors (Lipinski definition) is 5. The molecule has 7 nitrogen and oxygen atoms in total. The van der Waals surface area contributed by atoms with Crippen molar-refractivity contribution < 1.29 is 9.59 Å². The topological polar surface area (TPSA) is 96.0 Å². The van der Waals surface area contributed by atoms with E-state index in [9.17, 15) is 9.59 Å². The molecular formula is C11H19N5O2S. The molecule has 0 saturated heterocycles. The van der Waals surface area contributed by atoms with Crippen LogP contribution in [0.2, 0.25) is 0 Å². The maximum atomic E-state index is 11.5. The van der Waals surface area contributed by atoms with Gasteiger partial charge >= 0.3 is 6.03 Å². The highest BCUT2D eigenvalue weighted by atomic mass is 32.1. The van der Waals surface area contributed by atoms with Gasteiger partial charge in [0.15, 0.2) is 0 Å². The Balaban J connectivity index is 2.28. The fraction of sp³-hybridized carbons (Fsp3) is 0.636. The zero-order valence-corrected chi connectivity index (χ0v) is 12.0. The summed E-state index contributed by atoms with van der Waals surface area (Å²) in [6.07, 6.45) is 2.70. The van der Waals surface area contributed by atoms with Gasteiger partial charge in [0.1, 0.15) is 5.01 Å². The lowest BCUT2D eigenvalue weighted by molar-refractivity contribution is -0.120. The number of aromatic nitrogens is 2. The van der Waals surface area contributed by atoms with Crippen LogP contribution in [-0.4, -0.2) is 35.2 Å². The second-order valence-electron chi connectivity index (χ2n) is 3.91. The minimum absolute atomic E-state index is 0.0492. The van der Waals surface area contributed by atoms with Gasteiger partial charge in [0.25, 0.3) is 0 Å². The Hall–Kier alpha value is -1.70. The van der Waals surface area contributed by atoms with Gasteiger partial charge in [-0.05, 0) is 12.8 Å². The minimum Gasteiger partial charge on any atom is -0.355 e. The van der Waals surface area contributed by atoms with Crippen LogP contribution in [-0.2, 0) is 11.2 Å². The summed E-state index contributed by atoms with van der Waals surface area (Å²) in [5.41, 5.74) is 0. The van der Waals surface area contributed by atoms with Crippen LogP contribution >= 0.6 is 11.3 Å². The van der Waals surface area contributed by atoms with Gasteiger partial charge in [-0.3, -0.25) is 10.1 Å². The van der Waals surface area contributed by atoms with E-state index in [0.29, 0.717) is 11.7 Å². The van der Waals surface area contributed by atoms with E-state index in [0.717, 1.165) is 24.3 Å². The van der Waals surface area contributed by atoms with Crippen LogP contribution in [0, 0.1) is 0 Å². The van der Waals surface area contributed by atoms with Crippen molar-refractivity contribution in [3.05, 3.63) is 5.01 Å². The van der Waals surface area contributed by atoms with Crippen LogP contribution in [0.1, 0.15) is 31.7 Å².